The molecule has 0 unspecified atom stereocenters. The minimum Gasteiger partial charge on any atom is -0.348 e. The van der Waals surface area contributed by atoms with Gasteiger partial charge >= 0.3 is 0 Å². The van der Waals surface area contributed by atoms with Gasteiger partial charge in [-0.25, -0.2) is 0 Å². The lowest BCUT2D eigenvalue weighted by Crippen LogP contribution is -2.24. The van der Waals surface area contributed by atoms with E-state index in [0.29, 0.717) is 12.1 Å². The van der Waals surface area contributed by atoms with E-state index in [0.717, 1.165) is 21.4 Å². The maximum absolute atomic E-state index is 12.1. The Hall–Kier alpha value is -1.68. The zero-order valence-corrected chi connectivity index (χ0v) is 12.5. The van der Waals surface area contributed by atoms with Crippen molar-refractivity contribution in [1.29, 1.82) is 0 Å². The first-order chi connectivity index (χ1) is 9.06. The quantitative estimate of drug-likeness (QED) is 0.942. The fourth-order valence-electron chi connectivity index (χ4n) is 1.81. The number of nitrogens with zero attached hydrogens (tertiary/aromatic N) is 1. The smallest absolute Gasteiger partial charge is 0.253 e. The number of carbonyl (C=O) groups excluding carboxylic acids is 1. The van der Waals surface area contributed by atoms with Crippen molar-refractivity contribution in [2.45, 2.75) is 20.4 Å². The maximum Gasteiger partial charge on any atom is 0.253 e. The van der Waals surface area contributed by atoms with Gasteiger partial charge in [0.05, 0.1) is 11.3 Å². The average Bonchev–Trinajstić information content (AvgIpc) is 2.37. The molecule has 0 saturated heterocycles. The molecule has 1 aromatic carbocycles. The number of aromatic nitrogens is 1. The van der Waals surface area contributed by atoms with Crippen LogP contribution in [0.5, 0.6) is 0 Å². The number of rotatable bonds is 3. The van der Waals surface area contributed by atoms with Crippen molar-refractivity contribution in [1.82, 2.24) is 10.3 Å². The lowest BCUT2D eigenvalue weighted by atomic mass is 10.1. The topological polar surface area (TPSA) is 42.0 Å². The molecule has 1 heterocycles. The van der Waals surface area contributed by atoms with E-state index in [2.05, 4.69) is 26.2 Å². The van der Waals surface area contributed by atoms with Crippen LogP contribution in [0.2, 0.25) is 0 Å². The van der Waals surface area contributed by atoms with Crippen LogP contribution in [0.3, 0.4) is 0 Å². The van der Waals surface area contributed by atoms with Gasteiger partial charge in [-0.2, -0.15) is 0 Å². The van der Waals surface area contributed by atoms with Gasteiger partial charge in [0, 0.05) is 16.7 Å². The second-order valence-corrected chi connectivity index (χ2v) is 5.31. The molecular weight excluding hydrogens is 304 g/mol. The molecule has 19 heavy (non-hydrogen) atoms. The highest BCUT2D eigenvalue weighted by molar-refractivity contribution is 9.10. The fourth-order valence-corrected chi connectivity index (χ4v) is 2.07. The number of amides is 1. The molecule has 1 amide bonds. The van der Waals surface area contributed by atoms with E-state index in [1.165, 1.54) is 0 Å². The molecule has 0 bridgehead atoms. The Morgan fingerprint density at radius 2 is 1.84 bits per heavy atom. The number of benzene rings is 1. The molecule has 0 aliphatic heterocycles. The van der Waals surface area contributed by atoms with Crippen LogP contribution < -0.4 is 5.32 Å². The molecule has 0 spiro atoms. The van der Waals surface area contributed by atoms with Crippen molar-refractivity contribution in [2.24, 2.45) is 0 Å². The molecule has 1 N–H and O–H groups in total. The summed E-state index contributed by atoms with van der Waals surface area (Å²) in [6.45, 7) is 4.28. The highest BCUT2D eigenvalue weighted by Gasteiger charge is 2.09. The molecule has 0 fully saturated rings. The molecule has 0 saturated carbocycles. The summed E-state index contributed by atoms with van der Waals surface area (Å²) in [5.41, 5.74) is 3.37. The average molecular weight is 319 g/mol. The number of aryl methyl sites for hydroxylation is 2. The third-order valence-electron chi connectivity index (χ3n) is 2.84. The Kier molecular flexibility index (Phi) is 4.32. The van der Waals surface area contributed by atoms with Crippen molar-refractivity contribution in [3.63, 3.8) is 0 Å². The van der Waals surface area contributed by atoms with E-state index in [1.807, 2.05) is 50.2 Å². The summed E-state index contributed by atoms with van der Waals surface area (Å²) in [5.74, 6) is -0.0899. The van der Waals surface area contributed by atoms with Crippen LogP contribution in [0, 0.1) is 13.8 Å². The summed E-state index contributed by atoms with van der Waals surface area (Å²) in [6, 6.07) is 11.5. The van der Waals surface area contributed by atoms with Gasteiger partial charge in [-0.1, -0.05) is 28.1 Å². The number of hydrogen-bond acceptors (Lipinski definition) is 2. The van der Waals surface area contributed by atoms with Gasteiger partial charge in [-0.05, 0) is 43.7 Å². The van der Waals surface area contributed by atoms with Gasteiger partial charge < -0.3 is 5.32 Å². The lowest BCUT2D eigenvalue weighted by molar-refractivity contribution is 0.0950. The molecule has 98 valence electrons. The molecular formula is C15H15BrN2O. The van der Waals surface area contributed by atoms with Crippen molar-refractivity contribution >= 4 is 21.8 Å². The van der Waals surface area contributed by atoms with Crippen LogP contribution >= 0.6 is 15.9 Å². The largest absolute Gasteiger partial charge is 0.348 e. The summed E-state index contributed by atoms with van der Waals surface area (Å²) in [7, 11) is 0. The van der Waals surface area contributed by atoms with Crippen LogP contribution in [0.1, 0.15) is 27.3 Å². The number of halogens is 1. The van der Waals surface area contributed by atoms with Gasteiger partial charge in [0.25, 0.3) is 5.91 Å². The Balaban J connectivity index is 2.03. The van der Waals surface area contributed by atoms with Crippen LogP contribution in [-0.2, 0) is 6.54 Å². The zero-order valence-electron chi connectivity index (χ0n) is 10.9. The van der Waals surface area contributed by atoms with E-state index in [-0.39, 0.29) is 5.91 Å². The molecule has 3 nitrogen and oxygen atoms in total. The summed E-state index contributed by atoms with van der Waals surface area (Å²) in [4.78, 5) is 16.4. The Morgan fingerprint density at radius 3 is 2.47 bits per heavy atom. The predicted molar refractivity (Wildman–Crippen MR) is 79.0 cm³/mol. The molecule has 0 atom stereocenters. The van der Waals surface area contributed by atoms with Gasteiger partial charge in [0.2, 0.25) is 0 Å². The first kappa shape index (κ1) is 13.7. The summed E-state index contributed by atoms with van der Waals surface area (Å²) < 4.78 is 1.03. The molecule has 0 aliphatic rings. The Bertz CT molecular complexity index is 594. The summed E-state index contributed by atoms with van der Waals surface area (Å²) in [5, 5.41) is 2.90. The third kappa shape index (κ3) is 3.64. The first-order valence-corrected chi connectivity index (χ1v) is 6.82. The van der Waals surface area contributed by atoms with Crippen molar-refractivity contribution in [2.75, 3.05) is 0 Å². The molecule has 4 heteroatoms. The van der Waals surface area contributed by atoms with E-state index < -0.39 is 0 Å². The van der Waals surface area contributed by atoms with Crippen molar-refractivity contribution in [3.05, 3.63) is 63.4 Å². The van der Waals surface area contributed by atoms with Gasteiger partial charge in [0.1, 0.15) is 0 Å². The maximum atomic E-state index is 12.1. The van der Waals surface area contributed by atoms with E-state index in [1.54, 1.807) is 0 Å². The minimum absolute atomic E-state index is 0.0899. The van der Waals surface area contributed by atoms with Crippen LogP contribution in [-0.4, -0.2) is 10.9 Å². The monoisotopic (exact) mass is 318 g/mol. The van der Waals surface area contributed by atoms with Crippen LogP contribution in [0.4, 0.5) is 0 Å². The SMILES string of the molecule is Cc1ccc(C(=O)NCc2ccc(Br)cc2)c(C)n1. The van der Waals surface area contributed by atoms with E-state index in [4.69, 9.17) is 0 Å². The van der Waals surface area contributed by atoms with Crippen molar-refractivity contribution in [3.8, 4) is 0 Å². The number of pyridine rings is 1. The Labute approximate surface area is 121 Å². The standard InChI is InChI=1S/C15H15BrN2O/c1-10-3-8-14(11(2)18-10)15(19)17-9-12-4-6-13(16)7-5-12/h3-8H,9H2,1-2H3,(H,17,19). The summed E-state index contributed by atoms with van der Waals surface area (Å²) in [6.07, 6.45) is 0. The second kappa shape index (κ2) is 5.97. The predicted octanol–water partition coefficient (Wildman–Crippen LogP) is 3.39. The zero-order chi connectivity index (χ0) is 13.8. The molecule has 1 aromatic heterocycles. The molecule has 0 aliphatic carbocycles. The molecule has 2 rings (SSSR count). The minimum atomic E-state index is -0.0899. The first-order valence-electron chi connectivity index (χ1n) is 6.03. The van der Waals surface area contributed by atoms with Gasteiger partial charge in [-0.3, -0.25) is 9.78 Å². The van der Waals surface area contributed by atoms with Crippen LogP contribution in [0.25, 0.3) is 0 Å². The summed E-state index contributed by atoms with van der Waals surface area (Å²) >= 11 is 3.38. The number of carbonyl (C=O) groups is 1. The molecule has 0 radical (unpaired) electrons. The fraction of sp³-hybridized carbons (Fsp3) is 0.200. The number of hydrogen-bond donors (Lipinski definition) is 1. The van der Waals surface area contributed by atoms with Crippen LogP contribution in [0.15, 0.2) is 40.9 Å². The van der Waals surface area contributed by atoms with E-state index >= 15 is 0 Å². The van der Waals surface area contributed by atoms with Crippen molar-refractivity contribution < 1.29 is 4.79 Å². The molecule has 2 aromatic rings. The van der Waals surface area contributed by atoms with E-state index in [9.17, 15) is 4.79 Å². The second-order valence-electron chi connectivity index (χ2n) is 4.39. The third-order valence-corrected chi connectivity index (χ3v) is 3.36. The van der Waals surface area contributed by atoms with Gasteiger partial charge in [-0.15, -0.1) is 0 Å². The normalized spacial score (nSPS) is 10.3. The highest BCUT2D eigenvalue weighted by atomic mass is 79.9. The highest BCUT2D eigenvalue weighted by Crippen LogP contribution is 2.11. The lowest BCUT2D eigenvalue weighted by Gasteiger charge is -2.08. The Morgan fingerprint density at radius 1 is 1.16 bits per heavy atom. The number of nitrogens with one attached hydrogen (secondary N) is 1. The van der Waals surface area contributed by atoms with Gasteiger partial charge in [0.15, 0.2) is 0 Å².